The van der Waals surface area contributed by atoms with Crippen molar-refractivity contribution in [3.05, 3.63) is 95.4 Å². The molecule has 1 heterocycles. The minimum absolute atomic E-state index is 0.303. The van der Waals surface area contributed by atoms with Crippen molar-refractivity contribution in [2.45, 2.75) is 32.7 Å². The zero-order valence-corrected chi connectivity index (χ0v) is 15.8. The van der Waals surface area contributed by atoms with Gasteiger partial charge in [0.05, 0.1) is 25.9 Å². The summed E-state index contributed by atoms with van der Waals surface area (Å²) in [4.78, 5) is 2.18. The van der Waals surface area contributed by atoms with Crippen molar-refractivity contribution >= 4 is 0 Å². The van der Waals surface area contributed by atoms with E-state index in [0.717, 1.165) is 23.6 Å². The molecule has 0 amide bonds. The minimum atomic E-state index is -0.562. The predicted octanol–water partition coefficient (Wildman–Crippen LogP) is 4.17. The molecule has 0 aliphatic carbocycles. The molecule has 4 nitrogen and oxygen atoms in total. The summed E-state index contributed by atoms with van der Waals surface area (Å²) >= 11 is 0. The third kappa shape index (κ3) is 6.68. The molecule has 3 rings (SSSR count). The highest BCUT2D eigenvalue weighted by Crippen LogP contribution is 2.13. The van der Waals surface area contributed by atoms with Gasteiger partial charge in [0.1, 0.15) is 11.5 Å². The molecule has 4 heteroatoms. The maximum atomic E-state index is 10.5. The van der Waals surface area contributed by atoms with Crippen molar-refractivity contribution in [2.75, 3.05) is 13.2 Å². The quantitative estimate of drug-likeness (QED) is 0.586. The Morgan fingerprint density at radius 2 is 1.56 bits per heavy atom. The Morgan fingerprint density at radius 1 is 0.889 bits per heavy atom. The second-order valence-electron chi connectivity index (χ2n) is 6.82. The zero-order chi connectivity index (χ0) is 18.9. The summed E-state index contributed by atoms with van der Waals surface area (Å²) in [6.07, 6.45) is -0.562. The number of benzene rings is 2. The highest BCUT2D eigenvalue weighted by atomic mass is 16.5. The van der Waals surface area contributed by atoms with E-state index in [1.165, 1.54) is 5.56 Å². The van der Waals surface area contributed by atoms with E-state index in [2.05, 4.69) is 17.0 Å². The first kappa shape index (κ1) is 19.4. The fourth-order valence-electron chi connectivity index (χ4n) is 3.05. The van der Waals surface area contributed by atoms with Gasteiger partial charge in [-0.15, -0.1) is 0 Å². The summed E-state index contributed by atoms with van der Waals surface area (Å²) in [5.41, 5.74) is 2.31. The van der Waals surface area contributed by atoms with Crippen LogP contribution in [0.1, 0.15) is 22.6 Å². The smallest absolute Gasteiger partial charge is 0.118 e. The lowest BCUT2D eigenvalue weighted by molar-refractivity contribution is 0.00610. The molecule has 27 heavy (non-hydrogen) atoms. The molecule has 0 bridgehead atoms. The van der Waals surface area contributed by atoms with Crippen molar-refractivity contribution in [3.63, 3.8) is 0 Å². The van der Waals surface area contributed by atoms with Crippen molar-refractivity contribution in [1.29, 1.82) is 0 Å². The molecule has 0 spiro atoms. The molecule has 0 radical (unpaired) electrons. The van der Waals surface area contributed by atoms with Gasteiger partial charge in [0.25, 0.3) is 0 Å². The largest absolute Gasteiger partial charge is 0.465 e. The van der Waals surface area contributed by atoms with Crippen LogP contribution < -0.4 is 0 Å². The third-order valence-electron chi connectivity index (χ3n) is 4.32. The Bertz CT molecular complexity index is 786. The normalized spacial score (nSPS) is 12.4. The van der Waals surface area contributed by atoms with Crippen molar-refractivity contribution in [3.8, 4) is 0 Å². The summed E-state index contributed by atoms with van der Waals surface area (Å²) in [5.74, 6) is 1.80. The lowest BCUT2D eigenvalue weighted by Crippen LogP contribution is -2.34. The van der Waals surface area contributed by atoms with Crippen LogP contribution in [-0.4, -0.2) is 29.3 Å². The number of nitrogens with zero attached hydrogens (tertiary/aromatic N) is 1. The fourth-order valence-corrected chi connectivity index (χ4v) is 3.05. The molecular formula is C23H27NO3. The number of rotatable bonds is 10. The Hall–Kier alpha value is -2.40. The van der Waals surface area contributed by atoms with E-state index in [4.69, 9.17) is 9.15 Å². The lowest BCUT2D eigenvalue weighted by atomic mass is 10.2. The maximum Gasteiger partial charge on any atom is 0.118 e. The van der Waals surface area contributed by atoms with E-state index in [9.17, 15) is 5.11 Å². The van der Waals surface area contributed by atoms with Gasteiger partial charge in [0.15, 0.2) is 0 Å². The van der Waals surface area contributed by atoms with Gasteiger partial charge in [-0.1, -0.05) is 60.7 Å². The van der Waals surface area contributed by atoms with Crippen molar-refractivity contribution in [2.24, 2.45) is 0 Å². The Kier molecular flexibility index (Phi) is 7.22. The number of aliphatic hydroxyl groups is 1. The predicted molar refractivity (Wildman–Crippen MR) is 106 cm³/mol. The molecule has 0 saturated carbocycles. The van der Waals surface area contributed by atoms with E-state index in [1.807, 2.05) is 67.6 Å². The first-order valence-electron chi connectivity index (χ1n) is 9.30. The molecule has 0 unspecified atom stereocenters. The number of ether oxygens (including phenoxy) is 1. The van der Waals surface area contributed by atoms with E-state index in [0.29, 0.717) is 26.3 Å². The fraction of sp³-hybridized carbons (Fsp3) is 0.304. The van der Waals surface area contributed by atoms with Crippen LogP contribution in [0, 0.1) is 6.92 Å². The van der Waals surface area contributed by atoms with Crippen molar-refractivity contribution in [1.82, 2.24) is 4.90 Å². The van der Waals surface area contributed by atoms with Crippen molar-refractivity contribution < 1.29 is 14.3 Å². The summed E-state index contributed by atoms with van der Waals surface area (Å²) in [5, 5.41) is 10.5. The first-order valence-corrected chi connectivity index (χ1v) is 9.30. The monoisotopic (exact) mass is 365 g/mol. The summed E-state index contributed by atoms with van der Waals surface area (Å²) in [6, 6.07) is 24.2. The molecule has 0 aliphatic rings. The third-order valence-corrected chi connectivity index (χ3v) is 4.32. The van der Waals surface area contributed by atoms with E-state index in [-0.39, 0.29) is 0 Å². The van der Waals surface area contributed by atoms with E-state index < -0.39 is 6.10 Å². The average molecular weight is 365 g/mol. The first-order chi connectivity index (χ1) is 13.2. The molecule has 2 aromatic carbocycles. The number of hydrogen-bond acceptors (Lipinski definition) is 4. The van der Waals surface area contributed by atoms with Gasteiger partial charge >= 0.3 is 0 Å². The van der Waals surface area contributed by atoms with Gasteiger partial charge in [-0.3, -0.25) is 4.90 Å². The highest BCUT2D eigenvalue weighted by Gasteiger charge is 2.15. The van der Waals surface area contributed by atoms with Crippen LogP contribution in [0.5, 0.6) is 0 Å². The lowest BCUT2D eigenvalue weighted by Gasteiger charge is -2.24. The minimum Gasteiger partial charge on any atom is -0.465 e. The van der Waals surface area contributed by atoms with Crippen LogP contribution in [0.25, 0.3) is 0 Å². The van der Waals surface area contributed by atoms with Gasteiger partial charge in [0, 0.05) is 13.1 Å². The number of furan rings is 1. The standard InChI is InChI=1S/C23H27NO3/c1-19-12-13-23(27-19)16-24(14-20-8-4-2-5-9-20)15-22(25)18-26-17-21-10-6-3-7-11-21/h2-13,22,25H,14-18H2,1H3/t22-/m0/s1. The number of aliphatic hydroxyl groups excluding tert-OH is 1. The van der Waals surface area contributed by atoms with E-state index in [1.54, 1.807) is 0 Å². The second-order valence-corrected chi connectivity index (χ2v) is 6.82. The van der Waals surface area contributed by atoms with Gasteiger partial charge in [0.2, 0.25) is 0 Å². The molecule has 0 aliphatic heterocycles. The zero-order valence-electron chi connectivity index (χ0n) is 15.8. The van der Waals surface area contributed by atoms with Crippen LogP contribution in [0.2, 0.25) is 0 Å². The molecule has 1 N–H and O–H groups in total. The molecule has 142 valence electrons. The summed E-state index contributed by atoms with van der Waals surface area (Å²) < 4.78 is 11.4. The molecule has 0 saturated heterocycles. The van der Waals surface area contributed by atoms with Crippen LogP contribution in [-0.2, 0) is 24.4 Å². The van der Waals surface area contributed by atoms with Crippen LogP contribution in [0.3, 0.4) is 0 Å². The van der Waals surface area contributed by atoms with Gasteiger partial charge < -0.3 is 14.3 Å². The summed E-state index contributed by atoms with van der Waals surface area (Å²) in [6.45, 7) is 4.67. The average Bonchev–Trinajstić information content (AvgIpc) is 3.08. The molecule has 3 aromatic rings. The van der Waals surface area contributed by atoms with Crippen LogP contribution in [0.4, 0.5) is 0 Å². The number of hydrogen-bond donors (Lipinski definition) is 1. The molecule has 0 fully saturated rings. The Labute approximate surface area is 161 Å². The molecular weight excluding hydrogens is 338 g/mol. The van der Waals surface area contributed by atoms with E-state index >= 15 is 0 Å². The summed E-state index contributed by atoms with van der Waals surface area (Å²) in [7, 11) is 0. The van der Waals surface area contributed by atoms with Gasteiger partial charge in [-0.05, 0) is 30.2 Å². The van der Waals surface area contributed by atoms with Gasteiger partial charge in [-0.25, -0.2) is 0 Å². The molecule has 1 atom stereocenters. The SMILES string of the molecule is Cc1ccc(CN(Cc2ccccc2)C[C@H](O)COCc2ccccc2)o1. The topological polar surface area (TPSA) is 45.8 Å². The maximum absolute atomic E-state index is 10.5. The number of aryl methyl sites for hydroxylation is 1. The van der Waals surface area contributed by atoms with Crippen LogP contribution in [0.15, 0.2) is 77.2 Å². The Balaban J connectivity index is 1.54. The second kappa shape index (κ2) is 10.1. The molecule has 1 aromatic heterocycles. The van der Waals surface area contributed by atoms with Gasteiger partial charge in [-0.2, -0.15) is 0 Å². The highest BCUT2D eigenvalue weighted by molar-refractivity contribution is 5.15. The van der Waals surface area contributed by atoms with Crippen LogP contribution >= 0.6 is 0 Å². The Morgan fingerprint density at radius 3 is 2.19 bits per heavy atom.